The van der Waals surface area contributed by atoms with Crippen LogP contribution in [0, 0.1) is 6.92 Å². The minimum atomic E-state index is -0.539. The molecule has 2 atom stereocenters. The van der Waals surface area contributed by atoms with Crippen LogP contribution in [-0.4, -0.2) is 11.9 Å². The number of nitrogens with two attached hydrogens (primary N) is 1. The molecule has 5 rings (SSSR count). The van der Waals surface area contributed by atoms with Gasteiger partial charge in [0.25, 0.3) is 0 Å². The number of ether oxygens (including phenoxy) is 2. The molecular weight excluding hydrogens is 390 g/mol. The molecule has 1 saturated carbocycles. The zero-order valence-electron chi connectivity index (χ0n) is 17.3. The summed E-state index contributed by atoms with van der Waals surface area (Å²) in [6.07, 6.45) is 3.39. The second-order valence-electron chi connectivity index (χ2n) is 8.41. The summed E-state index contributed by atoms with van der Waals surface area (Å²) in [5.74, 6) is 0.479. The van der Waals surface area contributed by atoms with Gasteiger partial charge in [0.15, 0.2) is 11.5 Å². The average Bonchev–Trinajstić information content (AvgIpc) is 3.36. The highest BCUT2D eigenvalue weighted by Crippen LogP contribution is 2.55. The van der Waals surface area contributed by atoms with Gasteiger partial charge in [0.05, 0.1) is 11.1 Å². The summed E-state index contributed by atoms with van der Waals surface area (Å²) in [5, 5.41) is 0. The zero-order valence-corrected chi connectivity index (χ0v) is 17.3. The average molecular weight is 413 g/mol. The summed E-state index contributed by atoms with van der Waals surface area (Å²) < 4.78 is 11.4. The van der Waals surface area contributed by atoms with Crippen LogP contribution in [0.5, 0.6) is 11.5 Å². The Morgan fingerprint density at radius 1 is 0.806 bits per heavy atom. The first-order valence-corrected chi connectivity index (χ1v) is 10.5. The van der Waals surface area contributed by atoms with E-state index in [1.807, 2.05) is 31.2 Å². The lowest BCUT2D eigenvalue weighted by Gasteiger charge is -2.19. The molecular formula is C26H23NO4. The SMILES string of the molecule is Cc1cccc(C(=O)Oc2cc3c(cc2OC(=O)c2cccc(N)c2)C2CCC3C2)c1. The lowest BCUT2D eigenvalue weighted by atomic mass is 9.91. The second kappa shape index (κ2) is 7.58. The molecule has 2 bridgehead atoms. The van der Waals surface area contributed by atoms with Crippen LogP contribution in [0.1, 0.15) is 68.5 Å². The Morgan fingerprint density at radius 3 is 1.90 bits per heavy atom. The Bertz CT molecular complexity index is 1110. The number of esters is 2. The summed E-state index contributed by atoms with van der Waals surface area (Å²) >= 11 is 0. The lowest BCUT2D eigenvalue weighted by molar-refractivity contribution is 0.0682. The van der Waals surface area contributed by atoms with E-state index in [9.17, 15) is 9.59 Å². The lowest BCUT2D eigenvalue weighted by Crippen LogP contribution is -2.14. The van der Waals surface area contributed by atoms with Crippen molar-refractivity contribution in [2.24, 2.45) is 0 Å². The number of carbonyl (C=O) groups excluding carboxylic acids is 2. The molecule has 2 unspecified atom stereocenters. The zero-order chi connectivity index (χ0) is 21.5. The van der Waals surface area contributed by atoms with Crippen LogP contribution in [0.4, 0.5) is 5.69 Å². The van der Waals surface area contributed by atoms with Crippen LogP contribution in [0.2, 0.25) is 0 Å². The molecule has 0 spiro atoms. The van der Waals surface area contributed by atoms with Gasteiger partial charge in [-0.25, -0.2) is 9.59 Å². The highest BCUT2D eigenvalue weighted by Gasteiger charge is 2.38. The van der Waals surface area contributed by atoms with Crippen LogP contribution in [0.3, 0.4) is 0 Å². The van der Waals surface area contributed by atoms with Crippen LogP contribution in [-0.2, 0) is 0 Å². The first kappa shape index (κ1) is 19.4. The molecule has 2 N–H and O–H groups in total. The number of anilines is 1. The third kappa shape index (κ3) is 3.67. The third-order valence-corrected chi connectivity index (χ3v) is 6.24. The molecule has 5 heteroatoms. The number of hydrogen-bond donors (Lipinski definition) is 1. The number of nitrogen functional groups attached to an aromatic ring is 1. The van der Waals surface area contributed by atoms with Gasteiger partial charge in [0, 0.05) is 5.69 Å². The van der Waals surface area contributed by atoms with Gasteiger partial charge in [-0.05, 0) is 91.6 Å². The van der Waals surface area contributed by atoms with E-state index in [-0.39, 0.29) is 11.5 Å². The van der Waals surface area contributed by atoms with Gasteiger partial charge in [0.2, 0.25) is 0 Å². The summed E-state index contributed by atoms with van der Waals surface area (Å²) in [5.41, 5.74) is 10.4. The van der Waals surface area contributed by atoms with E-state index in [2.05, 4.69) is 0 Å². The van der Waals surface area contributed by atoms with Gasteiger partial charge in [-0.3, -0.25) is 0 Å². The van der Waals surface area contributed by atoms with Gasteiger partial charge in [0.1, 0.15) is 0 Å². The highest BCUT2D eigenvalue weighted by molar-refractivity contribution is 5.94. The van der Waals surface area contributed by atoms with Crippen LogP contribution in [0.25, 0.3) is 0 Å². The van der Waals surface area contributed by atoms with E-state index in [0.29, 0.717) is 28.7 Å². The van der Waals surface area contributed by atoms with Crippen molar-refractivity contribution in [3.63, 3.8) is 0 Å². The van der Waals surface area contributed by atoms with Crippen molar-refractivity contribution in [3.8, 4) is 11.5 Å². The monoisotopic (exact) mass is 413 g/mol. The summed E-state index contributed by atoms with van der Waals surface area (Å²) in [6, 6.07) is 17.6. The number of carbonyl (C=O) groups is 2. The van der Waals surface area contributed by atoms with Crippen molar-refractivity contribution in [1.82, 2.24) is 0 Å². The molecule has 0 aliphatic heterocycles. The number of hydrogen-bond acceptors (Lipinski definition) is 5. The molecule has 3 aromatic carbocycles. The van der Waals surface area contributed by atoms with Gasteiger partial charge in [-0.1, -0.05) is 23.8 Å². The Balaban J connectivity index is 1.49. The molecule has 156 valence electrons. The molecule has 31 heavy (non-hydrogen) atoms. The van der Waals surface area contributed by atoms with Crippen molar-refractivity contribution >= 4 is 17.6 Å². The van der Waals surface area contributed by atoms with Crippen molar-refractivity contribution in [1.29, 1.82) is 0 Å². The van der Waals surface area contributed by atoms with E-state index in [0.717, 1.165) is 24.8 Å². The van der Waals surface area contributed by atoms with E-state index in [1.165, 1.54) is 11.1 Å². The predicted octanol–water partition coefficient (Wildman–Crippen LogP) is 5.38. The molecule has 2 aliphatic rings. The summed E-state index contributed by atoms with van der Waals surface area (Å²) in [6.45, 7) is 1.92. The third-order valence-electron chi connectivity index (χ3n) is 6.24. The quantitative estimate of drug-likeness (QED) is 0.353. The van der Waals surface area contributed by atoms with Crippen LogP contribution in [0.15, 0.2) is 60.7 Å². The van der Waals surface area contributed by atoms with Gasteiger partial charge in [-0.2, -0.15) is 0 Å². The molecule has 5 nitrogen and oxygen atoms in total. The fraction of sp³-hybridized carbons (Fsp3) is 0.231. The smallest absolute Gasteiger partial charge is 0.343 e. The minimum Gasteiger partial charge on any atom is -0.419 e. The number of rotatable bonds is 4. The van der Waals surface area contributed by atoms with Gasteiger partial charge >= 0.3 is 11.9 Å². The standard InChI is InChI=1S/C26H23NO4/c1-15-4-2-5-18(10-15)25(28)30-23-13-21-16-8-9-17(11-16)22(21)14-24(23)31-26(29)19-6-3-7-20(27)12-19/h2-7,10,12-14,16-17H,8-9,11,27H2,1H3. The number of benzene rings is 3. The molecule has 0 radical (unpaired) electrons. The largest absolute Gasteiger partial charge is 0.419 e. The summed E-state index contributed by atoms with van der Waals surface area (Å²) in [4.78, 5) is 25.6. The molecule has 1 fully saturated rings. The maximum atomic E-state index is 12.8. The van der Waals surface area contributed by atoms with E-state index >= 15 is 0 Å². The van der Waals surface area contributed by atoms with Crippen LogP contribution >= 0.6 is 0 Å². The molecule has 0 heterocycles. The Hall–Kier alpha value is -3.60. The fourth-order valence-corrected chi connectivity index (χ4v) is 4.76. The van der Waals surface area contributed by atoms with E-state index in [1.54, 1.807) is 36.4 Å². The van der Waals surface area contributed by atoms with E-state index in [4.69, 9.17) is 15.2 Å². The molecule has 0 amide bonds. The predicted molar refractivity (Wildman–Crippen MR) is 118 cm³/mol. The topological polar surface area (TPSA) is 78.6 Å². The van der Waals surface area contributed by atoms with E-state index < -0.39 is 11.9 Å². The van der Waals surface area contributed by atoms with Crippen molar-refractivity contribution in [2.45, 2.75) is 38.0 Å². The highest BCUT2D eigenvalue weighted by atomic mass is 16.6. The second-order valence-corrected chi connectivity index (χ2v) is 8.41. The number of fused-ring (bicyclic) bond motifs is 5. The van der Waals surface area contributed by atoms with Crippen molar-refractivity contribution in [2.75, 3.05) is 5.73 Å². The molecule has 3 aromatic rings. The molecule has 0 aromatic heterocycles. The molecule has 0 saturated heterocycles. The molecule has 2 aliphatic carbocycles. The first-order chi connectivity index (χ1) is 15.0. The van der Waals surface area contributed by atoms with Crippen LogP contribution < -0.4 is 15.2 Å². The first-order valence-electron chi connectivity index (χ1n) is 10.5. The van der Waals surface area contributed by atoms with Crippen molar-refractivity contribution in [3.05, 3.63) is 88.5 Å². The maximum absolute atomic E-state index is 12.8. The fourth-order valence-electron chi connectivity index (χ4n) is 4.76. The Kier molecular flexibility index (Phi) is 4.74. The Morgan fingerprint density at radius 2 is 1.35 bits per heavy atom. The van der Waals surface area contributed by atoms with Gasteiger partial charge < -0.3 is 15.2 Å². The minimum absolute atomic E-state index is 0.264. The summed E-state index contributed by atoms with van der Waals surface area (Å²) in [7, 11) is 0. The van der Waals surface area contributed by atoms with Crippen molar-refractivity contribution < 1.29 is 19.1 Å². The number of aryl methyl sites for hydroxylation is 1. The normalized spacial score (nSPS) is 18.5. The maximum Gasteiger partial charge on any atom is 0.343 e. The van der Waals surface area contributed by atoms with Gasteiger partial charge in [-0.15, -0.1) is 0 Å². The Labute approximate surface area is 180 Å².